The molecule has 2 rings (SSSR count). The van der Waals surface area contributed by atoms with Gasteiger partial charge in [-0.15, -0.1) is 0 Å². The van der Waals surface area contributed by atoms with Gasteiger partial charge >= 0.3 is 11.9 Å². The molecule has 0 atom stereocenters. The van der Waals surface area contributed by atoms with Crippen LogP contribution in [0, 0.1) is 17.3 Å². The van der Waals surface area contributed by atoms with Crippen molar-refractivity contribution in [1.82, 2.24) is 9.80 Å². The molecular weight excluding hydrogens is 464 g/mol. The minimum Gasteiger partial charge on any atom is -0.465 e. The Hall–Kier alpha value is -1.14. The van der Waals surface area contributed by atoms with Crippen LogP contribution in [0.1, 0.15) is 121 Å². The largest absolute Gasteiger partial charge is 0.465 e. The van der Waals surface area contributed by atoms with Gasteiger partial charge in [0.2, 0.25) is 0 Å². The molecule has 37 heavy (non-hydrogen) atoms. The second-order valence-electron chi connectivity index (χ2n) is 14.4. The van der Waals surface area contributed by atoms with Crippen molar-refractivity contribution in [2.24, 2.45) is 17.3 Å². The molecule has 2 fully saturated rings. The molecule has 6 heteroatoms. The summed E-state index contributed by atoms with van der Waals surface area (Å²) < 4.78 is 12.1. The van der Waals surface area contributed by atoms with E-state index < -0.39 is 5.41 Å². The highest BCUT2D eigenvalue weighted by Gasteiger charge is 2.65. The summed E-state index contributed by atoms with van der Waals surface area (Å²) in [4.78, 5) is 33.8. The second-order valence-corrected chi connectivity index (χ2v) is 14.4. The highest BCUT2D eigenvalue weighted by molar-refractivity contribution is 6.01. The van der Waals surface area contributed by atoms with E-state index in [1.54, 1.807) is 0 Å². The lowest BCUT2D eigenvalue weighted by Crippen LogP contribution is -2.68. The fourth-order valence-corrected chi connectivity index (χ4v) is 7.33. The summed E-state index contributed by atoms with van der Waals surface area (Å²) in [6, 6.07) is 0. The van der Waals surface area contributed by atoms with Crippen LogP contribution in [0.25, 0.3) is 0 Å². The normalized spacial score (nSPS) is 24.5. The van der Waals surface area contributed by atoms with Crippen LogP contribution in [0.2, 0.25) is 0 Å². The Kier molecular flexibility index (Phi) is 10.0. The van der Waals surface area contributed by atoms with Crippen LogP contribution in [-0.4, -0.2) is 71.2 Å². The lowest BCUT2D eigenvalue weighted by Gasteiger charge is -2.60. The van der Waals surface area contributed by atoms with Gasteiger partial charge in [-0.1, -0.05) is 26.7 Å². The van der Waals surface area contributed by atoms with Crippen molar-refractivity contribution >= 4 is 11.9 Å². The van der Waals surface area contributed by atoms with E-state index in [9.17, 15) is 9.59 Å². The van der Waals surface area contributed by atoms with Crippen molar-refractivity contribution in [2.75, 3.05) is 27.3 Å². The number of piperidine rings is 2. The van der Waals surface area contributed by atoms with Gasteiger partial charge < -0.3 is 9.47 Å². The van der Waals surface area contributed by atoms with E-state index in [0.717, 1.165) is 51.4 Å². The first-order valence-electron chi connectivity index (χ1n) is 14.7. The molecule has 2 aliphatic heterocycles. The Bertz CT molecular complexity index is 699. The van der Waals surface area contributed by atoms with Gasteiger partial charge in [0.05, 0.1) is 13.2 Å². The average molecular weight is 523 g/mol. The minimum absolute atomic E-state index is 0.169. The molecule has 0 aromatic heterocycles. The molecule has 2 heterocycles. The Morgan fingerprint density at radius 3 is 1.16 bits per heavy atom. The SMILES string of the molecule is CCCCOC(=O)C(C(=O)OCCCC)(C1CC(C)(C)N(C)C(C)(C)C1)C1CC(C)(C)N(C)C(C)(C)C1. The van der Waals surface area contributed by atoms with E-state index in [4.69, 9.17) is 9.47 Å². The van der Waals surface area contributed by atoms with E-state index in [0.29, 0.717) is 13.2 Å². The maximum Gasteiger partial charge on any atom is 0.324 e. The van der Waals surface area contributed by atoms with Gasteiger partial charge in [0.25, 0.3) is 0 Å². The van der Waals surface area contributed by atoms with Crippen LogP contribution in [-0.2, 0) is 19.1 Å². The maximum absolute atomic E-state index is 14.5. The third-order valence-corrected chi connectivity index (χ3v) is 10.0. The molecular formula is C31H58N2O4. The average Bonchev–Trinajstić information content (AvgIpc) is 2.76. The molecule has 216 valence electrons. The predicted molar refractivity (Wildman–Crippen MR) is 151 cm³/mol. The molecule has 0 N–H and O–H groups in total. The number of ether oxygens (including phenoxy) is 2. The number of hydrogen-bond acceptors (Lipinski definition) is 6. The summed E-state index contributed by atoms with van der Waals surface area (Å²) in [6.07, 6.45) is 6.42. The molecule has 0 saturated carbocycles. The number of likely N-dealkylation sites (tertiary alicyclic amines) is 2. The summed E-state index contributed by atoms with van der Waals surface area (Å²) in [5.41, 5.74) is -2.04. The first-order valence-corrected chi connectivity index (χ1v) is 14.7. The van der Waals surface area contributed by atoms with Crippen molar-refractivity contribution in [1.29, 1.82) is 0 Å². The topological polar surface area (TPSA) is 59.1 Å². The van der Waals surface area contributed by atoms with Gasteiger partial charge in [-0.05, 0) is 120 Å². The highest BCUT2D eigenvalue weighted by atomic mass is 16.6. The summed E-state index contributed by atoms with van der Waals surface area (Å²) in [6.45, 7) is 22.7. The van der Waals surface area contributed by atoms with Gasteiger partial charge in [-0.3, -0.25) is 19.4 Å². The molecule has 0 amide bonds. The van der Waals surface area contributed by atoms with Crippen molar-refractivity contribution in [3.8, 4) is 0 Å². The smallest absolute Gasteiger partial charge is 0.324 e. The van der Waals surface area contributed by atoms with E-state index in [1.165, 1.54) is 0 Å². The molecule has 2 saturated heterocycles. The second kappa shape index (κ2) is 11.5. The maximum atomic E-state index is 14.5. The Balaban J connectivity index is 2.75. The molecule has 0 unspecified atom stereocenters. The van der Waals surface area contributed by atoms with Crippen LogP contribution < -0.4 is 0 Å². The van der Waals surface area contributed by atoms with Crippen molar-refractivity contribution in [3.63, 3.8) is 0 Å². The van der Waals surface area contributed by atoms with Gasteiger partial charge in [-0.2, -0.15) is 0 Å². The summed E-state index contributed by atoms with van der Waals surface area (Å²) in [5, 5.41) is 0. The molecule has 0 radical (unpaired) electrons. The fraction of sp³-hybridized carbons (Fsp3) is 0.935. The molecule has 0 aromatic carbocycles. The highest BCUT2D eigenvalue weighted by Crippen LogP contribution is 2.57. The number of carbonyl (C=O) groups excluding carboxylic acids is 2. The Morgan fingerprint density at radius 1 is 0.649 bits per heavy atom. The number of hydrogen-bond donors (Lipinski definition) is 0. The molecule has 0 spiro atoms. The third kappa shape index (κ3) is 6.37. The quantitative estimate of drug-likeness (QED) is 0.186. The fourth-order valence-electron chi connectivity index (χ4n) is 7.33. The Labute approximate surface area is 228 Å². The zero-order valence-electron chi connectivity index (χ0n) is 26.3. The van der Waals surface area contributed by atoms with E-state index in [2.05, 4.69) is 93.1 Å². The lowest BCUT2D eigenvalue weighted by molar-refractivity contribution is -0.197. The Morgan fingerprint density at radius 2 is 0.919 bits per heavy atom. The van der Waals surface area contributed by atoms with Crippen LogP contribution in [0.3, 0.4) is 0 Å². The minimum atomic E-state index is -1.33. The monoisotopic (exact) mass is 522 g/mol. The molecule has 2 aliphatic rings. The van der Waals surface area contributed by atoms with E-state index >= 15 is 0 Å². The van der Waals surface area contributed by atoms with Crippen molar-refractivity contribution in [2.45, 2.75) is 143 Å². The van der Waals surface area contributed by atoms with E-state index in [1.807, 2.05) is 0 Å². The van der Waals surface area contributed by atoms with Crippen molar-refractivity contribution in [3.05, 3.63) is 0 Å². The summed E-state index contributed by atoms with van der Waals surface area (Å²) in [5.74, 6) is -1.05. The van der Waals surface area contributed by atoms with Gasteiger partial charge in [0.15, 0.2) is 5.41 Å². The zero-order valence-corrected chi connectivity index (χ0v) is 26.3. The molecule has 6 nitrogen and oxygen atoms in total. The third-order valence-electron chi connectivity index (χ3n) is 10.0. The summed E-state index contributed by atoms with van der Waals surface area (Å²) in [7, 11) is 4.33. The van der Waals surface area contributed by atoms with Gasteiger partial charge in [-0.25, -0.2) is 0 Å². The lowest BCUT2D eigenvalue weighted by atomic mass is 9.53. The van der Waals surface area contributed by atoms with E-state index in [-0.39, 0.29) is 45.9 Å². The first-order chi connectivity index (χ1) is 16.9. The zero-order chi connectivity index (χ0) is 28.4. The van der Waals surface area contributed by atoms with Gasteiger partial charge in [0, 0.05) is 22.2 Å². The standard InChI is InChI=1S/C31H58N2O4/c1-13-15-17-36-25(34)31(26(35)37-18-16-14-2,23-19-27(3,4)32(11)28(5,6)20-23)24-21-29(7,8)33(12)30(9,10)22-24/h23-24H,13-22H2,1-12H3. The van der Waals surface area contributed by atoms with Crippen LogP contribution >= 0.6 is 0 Å². The number of rotatable bonds is 10. The van der Waals surface area contributed by atoms with Gasteiger partial charge in [0.1, 0.15) is 0 Å². The van der Waals surface area contributed by atoms with Crippen LogP contribution in [0.4, 0.5) is 0 Å². The summed E-state index contributed by atoms with van der Waals surface area (Å²) >= 11 is 0. The van der Waals surface area contributed by atoms with Crippen molar-refractivity contribution < 1.29 is 19.1 Å². The first kappa shape index (κ1) is 32.1. The number of esters is 2. The molecule has 0 bridgehead atoms. The number of carbonyl (C=O) groups is 2. The molecule has 0 aliphatic carbocycles. The molecule has 0 aromatic rings. The van der Waals surface area contributed by atoms with Crippen LogP contribution in [0.15, 0.2) is 0 Å². The number of unbranched alkanes of at least 4 members (excludes halogenated alkanes) is 2. The number of nitrogens with zero attached hydrogens (tertiary/aromatic N) is 2. The van der Waals surface area contributed by atoms with Crippen LogP contribution in [0.5, 0.6) is 0 Å². The predicted octanol–water partition coefficient (Wildman–Crippen LogP) is 6.46.